The number of anilines is 4. The molecule has 1 heterocycles. The number of primary amides is 1. The summed E-state index contributed by atoms with van der Waals surface area (Å²) in [6.45, 7) is 3.89. The number of nitrogens with zero attached hydrogens (tertiary/aromatic N) is 4. The molecule has 1 fully saturated rings. The minimum absolute atomic E-state index is 0.157. The summed E-state index contributed by atoms with van der Waals surface area (Å²) in [4.78, 5) is 27.6. The Morgan fingerprint density at radius 1 is 0.860 bits per heavy atom. The van der Waals surface area contributed by atoms with Crippen LogP contribution in [-0.4, -0.2) is 66.9 Å². The molecule has 0 unspecified atom stereocenters. The number of carbonyl (C=O) groups is 1. The molecule has 0 bridgehead atoms. The lowest BCUT2D eigenvalue weighted by molar-refractivity contribution is -0.117. The first-order chi connectivity index (χ1) is 21.0. The third-order valence-corrected chi connectivity index (χ3v) is 7.22. The Kier molecular flexibility index (Phi) is 12.9. The van der Waals surface area contributed by atoms with E-state index < -0.39 is 5.91 Å². The molecule has 232 valence electrons. The van der Waals surface area contributed by atoms with Gasteiger partial charge in [-0.2, -0.15) is 15.0 Å². The standard InChI is InChI=1S/C31H43FN8O3/c32-26-10-6-25(7-11-26)22-36-30-37-29(35-21-24-4-2-1-3-5-24)38-31(39-30)40(15-17-43-19-18-42-16-14-33)27-12-8-23(9-13-27)20-28(34)41/h6-13,24H,1-5,14-22,33H2,(H2,34,41)(H2,35,36,37,38,39). The topological polar surface area (TPSA) is 154 Å². The summed E-state index contributed by atoms with van der Waals surface area (Å²) in [5, 5.41) is 6.72. The number of nitrogens with two attached hydrogens (primary N) is 2. The molecule has 3 aromatic rings. The van der Waals surface area contributed by atoms with Crippen molar-refractivity contribution in [2.75, 3.05) is 61.6 Å². The number of carbonyl (C=O) groups excluding carboxylic acids is 1. The quantitative estimate of drug-likeness (QED) is 0.160. The normalized spacial score (nSPS) is 13.5. The van der Waals surface area contributed by atoms with E-state index in [2.05, 4.69) is 15.6 Å². The largest absolute Gasteiger partial charge is 0.378 e. The number of hydrogen-bond acceptors (Lipinski definition) is 10. The van der Waals surface area contributed by atoms with Crippen LogP contribution in [0.5, 0.6) is 0 Å². The van der Waals surface area contributed by atoms with Crippen molar-refractivity contribution in [2.45, 2.75) is 45.1 Å². The summed E-state index contributed by atoms with van der Waals surface area (Å²) < 4.78 is 24.7. The van der Waals surface area contributed by atoms with Crippen LogP contribution < -0.4 is 27.0 Å². The molecule has 0 saturated heterocycles. The predicted molar refractivity (Wildman–Crippen MR) is 166 cm³/mol. The Morgan fingerprint density at radius 3 is 2.19 bits per heavy atom. The first-order valence-electron chi connectivity index (χ1n) is 15.0. The second-order valence-corrected chi connectivity index (χ2v) is 10.6. The van der Waals surface area contributed by atoms with Crippen LogP contribution in [0, 0.1) is 11.7 Å². The summed E-state index contributed by atoms with van der Waals surface area (Å²) in [5.41, 5.74) is 13.4. The third kappa shape index (κ3) is 11.0. The van der Waals surface area contributed by atoms with Crippen LogP contribution in [0.1, 0.15) is 43.2 Å². The summed E-state index contributed by atoms with van der Waals surface area (Å²) in [7, 11) is 0. The van der Waals surface area contributed by atoms with Gasteiger partial charge in [0.2, 0.25) is 23.8 Å². The summed E-state index contributed by atoms with van der Waals surface area (Å²) >= 11 is 0. The van der Waals surface area contributed by atoms with Gasteiger partial charge in [-0.05, 0) is 54.2 Å². The van der Waals surface area contributed by atoms with Crippen LogP contribution in [0.15, 0.2) is 48.5 Å². The number of halogens is 1. The second-order valence-electron chi connectivity index (χ2n) is 10.6. The van der Waals surface area contributed by atoms with E-state index in [9.17, 15) is 9.18 Å². The SMILES string of the molecule is NCCOCCOCCN(c1ccc(CC(N)=O)cc1)c1nc(NCc2ccc(F)cc2)nc(NCC2CCCCC2)n1. The molecule has 1 aliphatic rings. The van der Waals surface area contributed by atoms with Crippen molar-refractivity contribution in [1.29, 1.82) is 0 Å². The van der Waals surface area contributed by atoms with Crippen LogP contribution >= 0.6 is 0 Å². The van der Waals surface area contributed by atoms with Gasteiger partial charge in [0.25, 0.3) is 0 Å². The van der Waals surface area contributed by atoms with Crippen molar-refractivity contribution in [2.24, 2.45) is 17.4 Å². The second kappa shape index (κ2) is 17.3. The lowest BCUT2D eigenvalue weighted by Crippen LogP contribution is -2.27. The van der Waals surface area contributed by atoms with E-state index in [1.54, 1.807) is 12.1 Å². The van der Waals surface area contributed by atoms with Gasteiger partial charge in [-0.25, -0.2) is 4.39 Å². The van der Waals surface area contributed by atoms with Crippen molar-refractivity contribution >= 4 is 29.4 Å². The van der Waals surface area contributed by atoms with Gasteiger partial charge in [0.1, 0.15) is 5.82 Å². The fourth-order valence-electron chi connectivity index (χ4n) is 4.95. The van der Waals surface area contributed by atoms with E-state index in [-0.39, 0.29) is 12.2 Å². The maximum Gasteiger partial charge on any atom is 0.236 e. The highest BCUT2D eigenvalue weighted by Gasteiger charge is 2.18. The fourth-order valence-corrected chi connectivity index (χ4v) is 4.95. The zero-order chi connectivity index (χ0) is 30.3. The van der Waals surface area contributed by atoms with Gasteiger partial charge < -0.3 is 36.5 Å². The number of rotatable bonds is 18. The molecule has 11 nitrogen and oxygen atoms in total. The molecule has 1 amide bonds. The van der Waals surface area contributed by atoms with Gasteiger partial charge in [-0.15, -0.1) is 0 Å². The van der Waals surface area contributed by atoms with Crippen molar-refractivity contribution in [1.82, 2.24) is 15.0 Å². The average Bonchev–Trinajstić information content (AvgIpc) is 3.02. The van der Waals surface area contributed by atoms with Crippen LogP contribution in [0.3, 0.4) is 0 Å². The minimum atomic E-state index is -0.391. The Hall–Kier alpha value is -3.87. The Labute approximate surface area is 252 Å². The van der Waals surface area contributed by atoms with E-state index in [1.165, 1.54) is 44.2 Å². The number of hydrogen-bond donors (Lipinski definition) is 4. The molecule has 1 aliphatic carbocycles. The zero-order valence-corrected chi connectivity index (χ0v) is 24.6. The predicted octanol–water partition coefficient (Wildman–Crippen LogP) is 3.77. The van der Waals surface area contributed by atoms with E-state index in [1.807, 2.05) is 29.2 Å². The molecule has 0 atom stereocenters. The molecule has 0 radical (unpaired) electrons. The molecular weight excluding hydrogens is 551 g/mol. The highest BCUT2D eigenvalue weighted by molar-refractivity contribution is 5.76. The van der Waals surface area contributed by atoms with Gasteiger partial charge in [0.15, 0.2) is 0 Å². The van der Waals surface area contributed by atoms with E-state index in [4.69, 9.17) is 30.9 Å². The minimum Gasteiger partial charge on any atom is -0.378 e. The maximum atomic E-state index is 13.4. The molecule has 6 N–H and O–H groups in total. The van der Waals surface area contributed by atoms with Crippen LogP contribution in [0.25, 0.3) is 0 Å². The molecule has 4 rings (SSSR count). The molecule has 2 aromatic carbocycles. The van der Waals surface area contributed by atoms with Crippen LogP contribution in [0.2, 0.25) is 0 Å². The molecule has 1 saturated carbocycles. The number of aromatic nitrogens is 3. The number of ether oxygens (including phenoxy) is 2. The molecular formula is C31H43FN8O3. The number of nitrogens with one attached hydrogen (secondary N) is 2. The molecule has 12 heteroatoms. The van der Waals surface area contributed by atoms with Gasteiger partial charge in [0, 0.05) is 31.9 Å². The Balaban J connectivity index is 1.56. The van der Waals surface area contributed by atoms with E-state index in [0.29, 0.717) is 69.8 Å². The first kappa shape index (κ1) is 32.1. The van der Waals surface area contributed by atoms with Gasteiger partial charge >= 0.3 is 0 Å². The van der Waals surface area contributed by atoms with Crippen LogP contribution in [0.4, 0.5) is 27.9 Å². The summed E-state index contributed by atoms with van der Waals surface area (Å²) in [5.74, 6) is 1.21. The van der Waals surface area contributed by atoms with Crippen molar-refractivity contribution < 1.29 is 18.7 Å². The van der Waals surface area contributed by atoms with Crippen molar-refractivity contribution in [3.63, 3.8) is 0 Å². The summed E-state index contributed by atoms with van der Waals surface area (Å²) in [6.07, 6.45) is 6.32. The molecule has 43 heavy (non-hydrogen) atoms. The van der Waals surface area contributed by atoms with Crippen molar-refractivity contribution in [3.05, 3.63) is 65.5 Å². The third-order valence-electron chi connectivity index (χ3n) is 7.22. The fraction of sp³-hybridized carbons (Fsp3) is 0.484. The molecule has 0 spiro atoms. The smallest absolute Gasteiger partial charge is 0.236 e. The lowest BCUT2D eigenvalue weighted by Gasteiger charge is -2.25. The maximum absolute atomic E-state index is 13.4. The highest BCUT2D eigenvalue weighted by Crippen LogP contribution is 2.26. The van der Waals surface area contributed by atoms with Gasteiger partial charge in [0.05, 0.1) is 32.8 Å². The number of amides is 1. The monoisotopic (exact) mass is 594 g/mol. The van der Waals surface area contributed by atoms with E-state index in [0.717, 1.165) is 23.4 Å². The first-order valence-corrected chi connectivity index (χ1v) is 15.0. The Bertz CT molecular complexity index is 1260. The van der Waals surface area contributed by atoms with Gasteiger partial charge in [-0.1, -0.05) is 43.5 Å². The average molecular weight is 595 g/mol. The number of benzene rings is 2. The zero-order valence-electron chi connectivity index (χ0n) is 24.6. The van der Waals surface area contributed by atoms with Crippen molar-refractivity contribution in [3.8, 4) is 0 Å². The highest BCUT2D eigenvalue weighted by atomic mass is 19.1. The Morgan fingerprint density at radius 2 is 1.51 bits per heavy atom. The summed E-state index contributed by atoms with van der Waals surface area (Å²) in [6, 6.07) is 13.9. The van der Waals surface area contributed by atoms with Gasteiger partial charge in [-0.3, -0.25) is 4.79 Å². The van der Waals surface area contributed by atoms with Crippen LogP contribution in [-0.2, 0) is 27.2 Å². The lowest BCUT2D eigenvalue weighted by atomic mass is 9.89. The molecule has 1 aromatic heterocycles. The molecule has 0 aliphatic heterocycles. The van der Waals surface area contributed by atoms with E-state index >= 15 is 0 Å².